The van der Waals surface area contributed by atoms with E-state index in [0.717, 1.165) is 0 Å². The molecule has 7 nitrogen and oxygen atoms in total. The highest BCUT2D eigenvalue weighted by molar-refractivity contribution is 5.93. The molecule has 0 bridgehead atoms. The summed E-state index contributed by atoms with van der Waals surface area (Å²) in [6.07, 6.45) is 1.46. The van der Waals surface area contributed by atoms with Crippen LogP contribution in [0.15, 0.2) is 76.2 Å². The van der Waals surface area contributed by atoms with Gasteiger partial charge in [-0.15, -0.1) is 0 Å². The van der Waals surface area contributed by atoms with Crippen molar-refractivity contribution in [3.8, 4) is 5.75 Å². The Kier molecular flexibility index (Phi) is 6.20. The molecule has 0 aliphatic heterocycles. The van der Waals surface area contributed by atoms with Gasteiger partial charge < -0.3 is 13.9 Å². The number of carbonyl (C=O) groups is 2. The quantitative estimate of drug-likeness (QED) is 0.387. The first-order valence-electron chi connectivity index (χ1n) is 8.44. The molecule has 1 amide bonds. The lowest BCUT2D eigenvalue weighted by atomic mass is 10.1. The molecule has 1 aromatic heterocycles. The van der Waals surface area contributed by atoms with Gasteiger partial charge in [-0.25, -0.2) is 10.2 Å². The van der Waals surface area contributed by atoms with Gasteiger partial charge in [0, 0.05) is 0 Å². The van der Waals surface area contributed by atoms with Crippen LogP contribution < -0.4 is 10.2 Å². The van der Waals surface area contributed by atoms with Crippen molar-refractivity contribution in [3.63, 3.8) is 0 Å². The molecule has 1 N–H and O–H groups in total. The molecule has 0 atom stereocenters. The molecular formula is C21H18N2O5. The number of nitrogens with zero attached hydrogens (tertiary/aromatic N) is 1. The van der Waals surface area contributed by atoms with Crippen LogP contribution in [0.25, 0.3) is 0 Å². The maximum Gasteiger partial charge on any atom is 0.337 e. The van der Waals surface area contributed by atoms with Crippen molar-refractivity contribution in [3.05, 3.63) is 89.4 Å². The summed E-state index contributed by atoms with van der Waals surface area (Å²) in [7, 11) is 1.32. The third kappa shape index (κ3) is 5.07. The van der Waals surface area contributed by atoms with Crippen LogP contribution in [0.2, 0.25) is 0 Å². The Morgan fingerprint density at radius 2 is 1.79 bits per heavy atom. The van der Waals surface area contributed by atoms with E-state index in [2.05, 4.69) is 15.3 Å². The summed E-state index contributed by atoms with van der Waals surface area (Å²) in [6, 6.07) is 19.1. The molecule has 0 fully saturated rings. The van der Waals surface area contributed by atoms with Crippen LogP contribution in [-0.4, -0.2) is 25.2 Å². The monoisotopic (exact) mass is 378 g/mol. The average molecular weight is 378 g/mol. The van der Waals surface area contributed by atoms with Crippen molar-refractivity contribution in [1.29, 1.82) is 0 Å². The normalized spacial score (nSPS) is 10.6. The molecule has 3 aromatic rings. The lowest BCUT2D eigenvalue weighted by Gasteiger charge is -2.03. The van der Waals surface area contributed by atoms with Crippen LogP contribution >= 0.6 is 0 Å². The highest BCUT2D eigenvalue weighted by Crippen LogP contribution is 2.14. The Bertz CT molecular complexity index is 962. The molecule has 142 valence electrons. The summed E-state index contributed by atoms with van der Waals surface area (Å²) in [5.74, 6) is 0.476. The van der Waals surface area contributed by atoms with Gasteiger partial charge in [0.2, 0.25) is 0 Å². The van der Waals surface area contributed by atoms with Crippen LogP contribution in [0.3, 0.4) is 0 Å². The van der Waals surface area contributed by atoms with Crippen LogP contribution in [0.1, 0.15) is 32.2 Å². The zero-order valence-corrected chi connectivity index (χ0v) is 15.1. The molecule has 7 heteroatoms. The number of benzene rings is 2. The number of nitrogens with one attached hydrogen (secondary N) is 1. The smallest absolute Gasteiger partial charge is 0.337 e. The molecule has 1 heterocycles. The zero-order valence-electron chi connectivity index (χ0n) is 15.1. The molecule has 0 spiro atoms. The molecule has 2 aromatic carbocycles. The predicted octanol–water partition coefficient (Wildman–Crippen LogP) is 3.41. The fourth-order valence-corrected chi connectivity index (χ4v) is 2.29. The second-order valence-corrected chi connectivity index (χ2v) is 5.68. The molecule has 0 radical (unpaired) electrons. The zero-order chi connectivity index (χ0) is 19.8. The highest BCUT2D eigenvalue weighted by atomic mass is 16.5. The van der Waals surface area contributed by atoms with Gasteiger partial charge in [-0.05, 0) is 42.0 Å². The van der Waals surface area contributed by atoms with Crippen molar-refractivity contribution in [1.82, 2.24) is 5.43 Å². The van der Waals surface area contributed by atoms with E-state index in [4.69, 9.17) is 9.15 Å². The van der Waals surface area contributed by atoms with Crippen LogP contribution in [0.4, 0.5) is 0 Å². The van der Waals surface area contributed by atoms with Gasteiger partial charge in [-0.2, -0.15) is 5.10 Å². The summed E-state index contributed by atoms with van der Waals surface area (Å²) in [5, 5.41) is 3.88. The number of hydrogen-bond acceptors (Lipinski definition) is 6. The van der Waals surface area contributed by atoms with Gasteiger partial charge >= 0.3 is 11.9 Å². The summed E-state index contributed by atoms with van der Waals surface area (Å²) >= 11 is 0. The Hall–Kier alpha value is -3.87. The number of amides is 1. The lowest BCUT2D eigenvalue weighted by Crippen LogP contribution is -2.16. The van der Waals surface area contributed by atoms with Crippen LogP contribution in [0.5, 0.6) is 5.75 Å². The maximum atomic E-state index is 12.1. The summed E-state index contributed by atoms with van der Waals surface area (Å²) in [4.78, 5) is 23.5. The average Bonchev–Trinajstić information content (AvgIpc) is 3.22. The van der Waals surface area contributed by atoms with Gasteiger partial charge in [0.15, 0.2) is 5.76 Å². The number of esters is 1. The minimum absolute atomic E-state index is 0.129. The Morgan fingerprint density at radius 1 is 1.04 bits per heavy atom. The van der Waals surface area contributed by atoms with E-state index in [1.807, 2.05) is 30.3 Å². The SMILES string of the molecule is COC(=O)c1ccc(/C=N\NC(=O)c2ccc(COc3ccccc3)o2)cc1. The Balaban J connectivity index is 1.51. The first kappa shape index (κ1) is 18.9. The van der Waals surface area contributed by atoms with Gasteiger partial charge in [-0.1, -0.05) is 30.3 Å². The Labute approximate surface area is 161 Å². The third-order valence-electron chi connectivity index (χ3n) is 3.72. The second-order valence-electron chi connectivity index (χ2n) is 5.68. The summed E-state index contributed by atoms with van der Waals surface area (Å²) < 4.78 is 15.7. The molecule has 0 saturated heterocycles. The van der Waals surface area contributed by atoms with E-state index < -0.39 is 11.9 Å². The third-order valence-corrected chi connectivity index (χ3v) is 3.72. The van der Waals surface area contributed by atoms with Gasteiger partial charge in [-0.3, -0.25) is 4.79 Å². The van der Waals surface area contributed by atoms with Gasteiger partial charge in [0.1, 0.15) is 18.1 Å². The van der Waals surface area contributed by atoms with Crippen molar-refractivity contribution < 1.29 is 23.5 Å². The van der Waals surface area contributed by atoms with Crippen LogP contribution in [-0.2, 0) is 11.3 Å². The molecule has 0 unspecified atom stereocenters. The maximum absolute atomic E-state index is 12.1. The largest absolute Gasteiger partial charge is 0.486 e. The molecule has 0 saturated carbocycles. The predicted molar refractivity (Wildman–Crippen MR) is 102 cm³/mol. The number of para-hydroxylation sites is 1. The molecule has 0 aliphatic rings. The molecule has 28 heavy (non-hydrogen) atoms. The van der Waals surface area contributed by atoms with Crippen molar-refractivity contribution in [2.24, 2.45) is 5.10 Å². The standard InChI is InChI=1S/C21H18N2O5/c1-26-21(25)16-9-7-15(8-10-16)13-22-23-20(24)19-12-11-18(28-19)14-27-17-5-3-2-4-6-17/h2-13H,14H2,1H3,(H,23,24)/b22-13-. The first-order chi connectivity index (χ1) is 13.7. The van der Waals surface area contributed by atoms with E-state index in [-0.39, 0.29) is 12.4 Å². The topological polar surface area (TPSA) is 90.1 Å². The molecular weight excluding hydrogens is 360 g/mol. The fourth-order valence-electron chi connectivity index (χ4n) is 2.29. The van der Waals surface area contributed by atoms with Crippen molar-refractivity contribution in [2.75, 3.05) is 7.11 Å². The number of hydrazone groups is 1. The minimum Gasteiger partial charge on any atom is -0.486 e. The molecule has 0 aliphatic carbocycles. The number of methoxy groups -OCH3 is 1. The van der Waals surface area contributed by atoms with Crippen molar-refractivity contribution in [2.45, 2.75) is 6.61 Å². The van der Waals surface area contributed by atoms with Gasteiger partial charge in [0.05, 0.1) is 18.9 Å². The van der Waals surface area contributed by atoms with Crippen LogP contribution in [0, 0.1) is 0 Å². The highest BCUT2D eigenvalue weighted by Gasteiger charge is 2.11. The second kappa shape index (κ2) is 9.18. The number of carbonyl (C=O) groups excluding carboxylic acids is 2. The fraction of sp³-hybridized carbons (Fsp3) is 0.0952. The van der Waals surface area contributed by atoms with E-state index in [1.54, 1.807) is 36.4 Å². The first-order valence-corrected chi connectivity index (χ1v) is 8.44. The van der Waals surface area contributed by atoms with Crippen molar-refractivity contribution >= 4 is 18.1 Å². The lowest BCUT2D eigenvalue weighted by molar-refractivity contribution is 0.0600. The summed E-state index contributed by atoms with van der Waals surface area (Å²) in [5.41, 5.74) is 3.53. The number of furan rings is 1. The van der Waals surface area contributed by atoms with E-state index in [0.29, 0.717) is 22.6 Å². The number of rotatable bonds is 7. The Morgan fingerprint density at radius 3 is 2.50 bits per heavy atom. The minimum atomic E-state index is -0.478. The van der Waals surface area contributed by atoms with E-state index >= 15 is 0 Å². The number of hydrogen-bond donors (Lipinski definition) is 1. The van der Waals surface area contributed by atoms with E-state index in [1.165, 1.54) is 13.3 Å². The van der Waals surface area contributed by atoms with Gasteiger partial charge in [0.25, 0.3) is 0 Å². The number of ether oxygens (including phenoxy) is 2. The molecule has 3 rings (SSSR count). The van der Waals surface area contributed by atoms with E-state index in [9.17, 15) is 9.59 Å². The summed E-state index contributed by atoms with van der Waals surface area (Å²) in [6.45, 7) is 0.215.